The lowest BCUT2D eigenvalue weighted by Crippen LogP contribution is -2.38. The van der Waals surface area contributed by atoms with Gasteiger partial charge in [-0.15, -0.1) is 0 Å². The van der Waals surface area contributed by atoms with E-state index < -0.39 is 0 Å². The molecule has 3 N–H and O–H groups in total. The van der Waals surface area contributed by atoms with Crippen molar-refractivity contribution in [3.8, 4) is 0 Å². The third-order valence-electron chi connectivity index (χ3n) is 4.56. The van der Waals surface area contributed by atoms with E-state index in [1.54, 1.807) is 0 Å². The summed E-state index contributed by atoms with van der Waals surface area (Å²) < 4.78 is 0. The Hall–Kier alpha value is -2.17. The van der Waals surface area contributed by atoms with E-state index in [0.717, 1.165) is 18.5 Å². The van der Waals surface area contributed by atoms with Gasteiger partial charge in [0.1, 0.15) is 0 Å². The second-order valence-electron chi connectivity index (χ2n) is 6.11. The molecule has 2 atom stereocenters. The Bertz CT molecular complexity index is 654. The van der Waals surface area contributed by atoms with Gasteiger partial charge < -0.3 is 11.1 Å². The second kappa shape index (κ2) is 6.94. The highest BCUT2D eigenvalue weighted by Gasteiger charge is 2.33. The molecule has 0 spiro atoms. The van der Waals surface area contributed by atoms with Gasteiger partial charge in [0.2, 0.25) is 0 Å². The zero-order valence-corrected chi connectivity index (χ0v) is 13.4. The molecule has 4 nitrogen and oxygen atoms in total. The van der Waals surface area contributed by atoms with Crippen LogP contribution in [0.3, 0.4) is 0 Å². The molecule has 1 amide bonds. The number of rotatable bonds is 4. The summed E-state index contributed by atoms with van der Waals surface area (Å²) in [4.78, 5) is 14.8. The molecule has 1 saturated heterocycles. The van der Waals surface area contributed by atoms with Crippen molar-refractivity contribution in [1.29, 1.82) is 0 Å². The number of benzene rings is 2. The monoisotopic (exact) mass is 309 g/mol. The van der Waals surface area contributed by atoms with E-state index in [0.29, 0.717) is 12.1 Å². The van der Waals surface area contributed by atoms with Crippen molar-refractivity contribution in [3.05, 3.63) is 71.3 Å². The molecule has 1 aliphatic heterocycles. The topological polar surface area (TPSA) is 58.4 Å². The van der Waals surface area contributed by atoms with Crippen LogP contribution in [0, 0.1) is 0 Å². The first-order valence-corrected chi connectivity index (χ1v) is 8.04. The Kier molecular flexibility index (Phi) is 4.74. The quantitative estimate of drug-likeness (QED) is 0.911. The smallest absolute Gasteiger partial charge is 0.251 e. The third kappa shape index (κ3) is 3.44. The molecule has 23 heavy (non-hydrogen) atoms. The van der Waals surface area contributed by atoms with E-state index in [-0.39, 0.29) is 18.0 Å². The number of nitrogens with zero attached hydrogens (tertiary/aromatic N) is 1. The number of hydrogen-bond donors (Lipinski definition) is 2. The minimum absolute atomic E-state index is 0.0187. The van der Waals surface area contributed by atoms with Gasteiger partial charge in [0.25, 0.3) is 5.91 Å². The van der Waals surface area contributed by atoms with Crippen molar-refractivity contribution in [3.63, 3.8) is 0 Å². The van der Waals surface area contributed by atoms with Crippen molar-refractivity contribution in [2.24, 2.45) is 5.73 Å². The highest BCUT2D eigenvalue weighted by Crippen LogP contribution is 2.30. The fourth-order valence-electron chi connectivity index (χ4n) is 3.28. The summed E-state index contributed by atoms with van der Waals surface area (Å²) >= 11 is 0. The summed E-state index contributed by atoms with van der Waals surface area (Å²) in [5.74, 6) is -0.0187. The number of nitrogens with two attached hydrogens (primary N) is 1. The molecular formula is C19H23N3O. The molecule has 2 aromatic rings. The van der Waals surface area contributed by atoms with Crippen LogP contribution in [0.4, 0.5) is 0 Å². The van der Waals surface area contributed by atoms with Crippen molar-refractivity contribution in [2.75, 3.05) is 13.6 Å². The number of hydrogen-bond acceptors (Lipinski definition) is 3. The molecule has 4 heteroatoms. The zero-order chi connectivity index (χ0) is 16.2. The lowest BCUT2D eigenvalue weighted by molar-refractivity contribution is 0.0927. The molecule has 1 heterocycles. The highest BCUT2D eigenvalue weighted by atomic mass is 16.1. The van der Waals surface area contributed by atoms with Crippen LogP contribution in [0.25, 0.3) is 0 Å². The Balaban J connectivity index is 1.74. The normalized spacial score (nSPS) is 21.3. The number of carbonyl (C=O) groups excluding carboxylic acids is 1. The summed E-state index contributed by atoms with van der Waals surface area (Å²) in [6, 6.07) is 18.2. The lowest BCUT2D eigenvalue weighted by Gasteiger charge is -2.26. The minimum Gasteiger partial charge on any atom is -0.347 e. The third-order valence-corrected chi connectivity index (χ3v) is 4.56. The average molecular weight is 309 g/mol. The molecule has 0 bridgehead atoms. The molecule has 2 unspecified atom stereocenters. The first-order chi connectivity index (χ1) is 11.2. The lowest BCUT2D eigenvalue weighted by atomic mass is 10.00. The Morgan fingerprint density at radius 2 is 1.87 bits per heavy atom. The van der Waals surface area contributed by atoms with Gasteiger partial charge in [0, 0.05) is 18.7 Å². The fourth-order valence-corrected chi connectivity index (χ4v) is 3.28. The summed E-state index contributed by atoms with van der Waals surface area (Å²) in [5.41, 5.74) is 8.56. The van der Waals surface area contributed by atoms with Crippen LogP contribution in [-0.4, -0.2) is 30.4 Å². The van der Waals surface area contributed by atoms with Gasteiger partial charge in [-0.2, -0.15) is 0 Å². The Morgan fingerprint density at radius 1 is 1.17 bits per heavy atom. The molecule has 2 aromatic carbocycles. The van der Waals surface area contributed by atoms with E-state index in [4.69, 9.17) is 5.73 Å². The van der Waals surface area contributed by atoms with E-state index in [1.807, 2.05) is 42.5 Å². The minimum atomic E-state index is -0.0187. The predicted molar refractivity (Wildman–Crippen MR) is 92.0 cm³/mol. The summed E-state index contributed by atoms with van der Waals surface area (Å²) in [7, 11) is 2.11. The fraction of sp³-hybridized carbons (Fsp3) is 0.316. The van der Waals surface area contributed by atoms with Gasteiger partial charge in [-0.3, -0.25) is 9.69 Å². The van der Waals surface area contributed by atoms with Gasteiger partial charge in [-0.25, -0.2) is 0 Å². The van der Waals surface area contributed by atoms with Gasteiger partial charge in [-0.05, 0) is 36.7 Å². The standard InChI is InChI=1S/C19H23N3O/c1-22-12-11-17(18(22)15-5-3-2-4-6-15)21-19(23)16-9-7-14(13-20)8-10-16/h2-10,17-18H,11-13,20H2,1H3,(H,21,23). The molecule has 1 fully saturated rings. The number of amides is 1. The van der Waals surface area contributed by atoms with Crippen molar-refractivity contribution in [1.82, 2.24) is 10.2 Å². The first kappa shape index (κ1) is 15.7. The second-order valence-corrected chi connectivity index (χ2v) is 6.11. The Morgan fingerprint density at radius 3 is 2.52 bits per heavy atom. The van der Waals surface area contributed by atoms with Crippen LogP contribution in [0.2, 0.25) is 0 Å². The van der Waals surface area contributed by atoms with Gasteiger partial charge >= 0.3 is 0 Å². The molecule has 0 radical (unpaired) electrons. The molecule has 0 aromatic heterocycles. The van der Waals surface area contributed by atoms with Crippen molar-refractivity contribution >= 4 is 5.91 Å². The van der Waals surface area contributed by atoms with Crippen molar-refractivity contribution in [2.45, 2.75) is 25.0 Å². The van der Waals surface area contributed by atoms with Crippen LogP contribution < -0.4 is 11.1 Å². The summed E-state index contributed by atoms with van der Waals surface area (Å²) in [6.45, 7) is 1.47. The maximum absolute atomic E-state index is 12.5. The Labute approximate surface area is 137 Å². The molecule has 120 valence electrons. The summed E-state index contributed by atoms with van der Waals surface area (Å²) in [5, 5.41) is 3.20. The van der Waals surface area contributed by atoms with E-state index >= 15 is 0 Å². The maximum Gasteiger partial charge on any atom is 0.251 e. The van der Waals surface area contributed by atoms with Gasteiger partial charge in [0.05, 0.1) is 12.1 Å². The first-order valence-electron chi connectivity index (χ1n) is 8.04. The predicted octanol–water partition coefficient (Wildman–Crippen LogP) is 2.32. The maximum atomic E-state index is 12.5. The molecular weight excluding hydrogens is 286 g/mol. The van der Waals surface area contributed by atoms with E-state index in [1.165, 1.54) is 5.56 Å². The number of likely N-dealkylation sites (tertiary alicyclic amines) is 1. The largest absolute Gasteiger partial charge is 0.347 e. The van der Waals surface area contributed by atoms with Crippen LogP contribution in [0.1, 0.15) is 33.9 Å². The van der Waals surface area contributed by atoms with Crippen molar-refractivity contribution < 1.29 is 4.79 Å². The molecule has 3 rings (SSSR count). The summed E-state index contributed by atoms with van der Waals surface area (Å²) in [6.07, 6.45) is 0.961. The molecule has 0 saturated carbocycles. The van der Waals surface area contributed by atoms with Crippen LogP contribution in [0.15, 0.2) is 54.6 Å². The molecule has 1 aliphatic rings. The van der Waals surface area contributed by atoms with Crippen LogP contribution in [-0.2, 0) is 6.54 Å². The molecule has 0 aliphatic carbocycles. The van der Waals surface area contributed by atoms with E-state index in [2.05, 4.69) is 29.4 Å². The number of likely N-dealkylation sites (N-methyl/N-ethyl adjacent to an activating group) is 1. The van der Waals surface area contributed by atoms with Crippen LogP contribution in [0.5, 0.6) is 0 Å². The average Bonchev–Trinajstić information content (AvgIpc) is 2.96. The van der Waals surface area contributed by atoms with Crippen LogP contribution >= 0.6 is 0 Å². The van der Waals surface area contributed by atoms with Gasteiger partial charge in [0.15, 0.2) is 0 Å². The van der Waals surface area contributed by atoms with E-state index in [9.17, 15) is 4.79 Å². The van der Waals surface area contributed by atoms with Gasteiger partial charge in [-0.1, -0.05) is 42.5 Å². The number of nitrogens with one attached hydrogen (secondary N) is 1. The SMILES string of the molecule is CN1CCC(NC(=O)c2ccc(CN)cc2)C1c1ccccc1. The highest BCUT2D eigenvalue weighted by molar-refractivity contribution is 5.94. The number of carbonyl (C=O) groups is 1. The zero-order valence-electron chi connectivity index (χ0n) is 13.4.